The van der Waals surface area contributed by atoms with Crippen molar-refractivity contribution in [2.45, 2.75) is 38.0 Å². The predicted molar refractivity (Wildman–Crippen MR) is 112 cm³/mol. The Bertz CT molecular complexity index is 1060. The van der Waals surface area contributed by atoms with Crippen LogP contribution >= 0.6 is 11.3 Å². The Morgan fingerprint density at radius 1 is 1.38 bits per heavy atom. The molecular formula is C21H24N4O3S. The number of likely N-dealkylation sites (tertiary alicyclic amines) is 1. The molecule has 2 aromatic heterocycles. The number of thiazole rings is 1. The number of β-amino-alcohol motifs (C(OH)–C–C–N with tert-alkyl or cyclic N) is 1. The van der Waals surface area contributed by atoms with Crippen LogP contribution in [0.15, 0.2) is 52.8 Å². The number of nitrogens with one attached hydrogen (secondary N) is 1. The van der Waals surface area contributed by atoms with E-state index in [1.54, 1.807) is 19.2 Å². The van der Waals surface area contributed by atoms with Crippen molar-refractivity contribution in [2.24, 2.45) is 0 Å². The molecule has 1 amide bonds. The molecule has 1 aromatic carbocycles. The standard InChI is InChI=1S/C21H24N4O3S/c1-2-18(27)23-21(15-6-4-3-5-7-15)8-9-24(14-17(21)26)13-16-12-19(28)25-10-11-29-20(25)22-16/h3-7,10-12,17,26H,2,8-9,13-14H2,1H3,(H,23,27)/t17-,21+/m1/s1. The number of benzene rings is 1. The smallest absolute Gasteiger partial charge is 0.258 e. The maximum atomic E-state index is 12.2. The van der Waals surface area contributed by atoms with Gasteiger partial charge in [0.1, 0.15) is 0 Å². The number of piperidine rings is 1. The first-order chi connectivity index (χ1) is 14.0. The first-order valence-electron chi connectivity index (χ1n) is 9.74. The van der Waals surface area contributed by atoms with Gasteiger partial charge in [0, 0.05) is 43.7 Å². The fraction of sp³-hybridized carbons (Fsp3) is 0.381. The van der Waals surface area contributed by atoms with Crippen molar-refractivity contribution in [2.75, 3.05) is 13.1 Å². The van der Waals surface area contributed by atoms with Gasteiger partial charge in [-0.25, -0.2) is 4.98 Å². The normalized spacial score (nSPS) is 22.6. The van der Waals surface area contributed by atoms with Crippen LogP contribution in [0, 0.1) is 0 Å². The Labute approximate surface area is 172 Å². The molecule has 8 heteroatoms. The fourth-order valence-corrected chi connectivity index (χ4v) is 4.70. The van der Waals surface area contributed by atoms with Crippen LogP contribution in [-0.2, 0) is 16.9 Å². The summed E-state index contributed by atoms with van der Waals surface area (Å²) >= 11 is 1.42. The number of aliphatic hydroxyl groups excluding tert-OH is 1. The number of aliphatic hydroxyl groups is 1. The van der Waals surface area contributed by atoms with Crippen LogP contribution in [0.5, 0.6) is 0 Å². The number of amides is 1. The highest BCUT2D eigenvalue weighted by Gasteiger charge is 2.44. The fourth-order valence-electron chi connectivity index (χ4n) is 3.96. The summed E-state index contributed by atoms with van der Waals surface area (Å²) < 4.78 is 1.53. The second-order valence-corrected chi connectivity index (χ2v) is 8.25. The van der Waals surface area contributed by atoms with Gasteiger partial charge in [-0.3, -0.25) is 18.9 Å². The van der Waals surface area contributed by atoms with Gasteiger partial charge in [-0.2, -0.15) is 0 Å². The summed E-state index contributed by atoms with van der Waals surface area (Å²) in [5.74, 6) is -0.0841. The summed E-state index contributed by atoms with van der Waals surface area (Å²) in [6.45, 7) is 3.33. The number of hydrogen-bond acceptors (Lipinski definition) is 6. The van der Waals surface area contributed by atoms with E-state index in [0.717, 1.165) is 5.56 Å². The van der Waals surface area contributed by atoms with E-state index < -0.39 is 11.6 Å². The Morgan fingerprint density at radius 3 is 2.90 bits per heavy atom. The monoisotopic (exact) mass is 412 g/mol. The molecule has 3 aromatic rings. The predicted octanol–water partition coefficient (Wildman–Crippen LogP) is 1.74. The molecule has 0 unspecified atom stereocenters. The van der Waals surface area contributed by atoms with E-state index in [1.807, 2.05) is 35.7 Å². The molecule has 7 nitrogen and oxygen atoms in total. The Morgan fingerprint density at radius 2 is 2.17 bits per heavy atom. The molecule has 0 radical (unpaired) electrons. The molecule has 1 aliphatic heterocycles. The van der Waals surface area contributed by atoms with Gasteiger partial charge in [-0.1, -0.05) is 37.3 Å². The Balaban J connectivity index is 1.56. The third kappa shape index (κ3) is 3.83. The van der Waals surface area contributed by atoms with Crippen molar-refractivity contribution in [3.8, 4) is 0 Å². The van der Waals surface area contributed by atoms with Gasteiger partial charge in [0.15, 0.2) is 4.96 Å². The highest BCUT2D eigenvalue weighted by atomic mass is 32.1. The van der Waals surface area contributed by atoms with Crippen LogP contribution in [0.1, 0.15) is 31.0 Å². The van der Waals surface area contributed by atoms with E-state index >= 15 is 0 Å². The van der Waals surface area contributed by atoms with Crippen molar-refractivity contribution in [3.63, 3.8) is 0 Å². The maximum Gasteiger partial charge on any atom is 0.258 e. The van der Waals surface area contributed by atoms with Gasteiger partial charge in [0.25, 0.3) is 5.56 Å². The zero-order valence-corrected chi connectivity index (χ0v) is 17.1. The van der Waals surface area contributed by atoms with E-state index in [0.29, 0.717) is 43.1 Å². The average molecular weight is 413 g/mol. The largest absolute Gasteiger partial charge is 0.389 e. The first kappa shape index (κ1) is 19.8. The van der Waals surface area contributed by atoms with E-state index in [4.69, 9.17) is 0 Å². The Kier molecular flexibility index (Phi) is 5.49. The summed E-state index contributed by atoms with van der Waals surface area (Å²) in [4.78, 5) is 31.8. The molecule has 2 N–H and O–H groups in total. The number of aromatic nitrogens is 2. The summed E-state index contributed by atoms with van der Waals surface area (Å²) in [5, 5.41) is 16.0. The molecule has 3 heterocycles. The highest BCUT2D eigenvalue weighted by Crippen LogP contribution is 2.34. The molecule has 1 aliphatic rings. The van der Waals surface area contributed by atoms with E-state index in [2.05, 4.69) is 15.2 Å². The highest BCUT2D eigenvalue weighted by molar-refractivity contribution is 7.15. The molecule has 1 saturated heterocycles. The van der Waals surface area contributed by atoms with Crippen LogP contribution < -0.4 is 10.9 Å². The van der Waals surface area contributed by atoms with Gasteiger partial charge in [0.2, 0.25) is 5.91 Å². The minimum Gasteiger partial charge on any atom is -0.389 e. The van der Waals surface area contributed by atoms with Gasteiger partial charge in [-0.05, 0) is 12.0 Å². The second kappa shape index (κ2) is 8.06. The van der Waals surface area contributed by atoms with E-state index in [-0.39, 0.29) is 11.5 Å². The third-order valence-corrected chi connectivity index (χ3v) is 6.29. The number of fused-ring (bicyclic) bond motifs is 1. The molecular weight excluding hydrogens is 388 g/mol. The minimum absolute atomic E-state index is 0.0841. The molecule has 0 aliphatic carbocycles. The lowest BCUT2D eigenvalue weighted by Crippen LogP contribution is -2.61. The second-order valence-electron chi connectivity index (χ2n) is 7.38. The van der Waals surface area contributed by atoms with Crippen molar-refractivity contribution in [3.05, 3.63) is 69.6 Å². The molecule has 0 bridgehead atoms. The molecule has 4 rings (SSSR count). The van der Waals surface area contributed by atoms with Crippen molar-refractivity contribution in [1.29, 1.82) is 0 Å². The Hall–Kier alpha value is -2.55. The summed E-state index contributed by atoms with van der Waals surface area (Å²) in [5.41, 5.74) is 0.688. The number of nitrogens with zero attached hydrogens (tertiary/aromatic N) is 3. The summed E-state index contributed by atoms with van der Waals surface area (Å²) in [7, 11) is 0. The molecule has 1 fully saturated rings. The summed E-state index contributed by atoms with van der Waals surface area (Å²) in [6.07, 6.45) is 1.87. The SMILES string of the molecule is CCC(=O)N[C@]1(c2ccccc2)CCN(Cc2cc(=O)n3ccsc3n2)C[C@H]1O. The molecule has 2 atom stereocenters. The van der Waals surface area contributed by atoms with E-state index in [1.165, 1.54) is 15.7 Å². The van der Waals surface area contributed by atoms with Gasteiger partial charge < -0.3 is 10.4 Å². The van der Waals surface area contributed by atoms with Crippen molar-refractivity contribution < 1.29 is 9.90 Å². The lowest BCUT2D eigenvalue weighted by Gasteiger charge is -2.46. The zero-order valence-electron chi connectivity index (χ0n) is 16.2. The molecule has 0 saturated carbocycles. The number of rotatable bonds is 5. The first-order valence-corrected chi connectivity index (χ1v) is 10.6. The number of carbonyl (C=O) groups excluding carboxylic acids is 1. The quantitative estimate of drug-likeness (QED) is 0.667. The van der Waals surface area contributed by atoms with Crippen molar-refractivity contribution >= 4 is 22.2 Å². The summed E-state index contributed by atoms with van der Waals surface area (Å²) in [6, 6.07) is 11.2. The lowest BCUT2D eigenvalue weighted by molar-refractivity contribution is -0.126. The van der Waals surface area contributed by atoms with Crippen LogP contribution in [0.25, 0.3) is 4.96 Å². The van der Waals surface area contributed by atoms with Crippen molar-refractivity contribution in [1.82, 2.24) is 19.6 Å². The van der Waals surface area contributed by atoms with Crippen LogP contribution in [0.2, 0.25) is 0 Å². The molecule has 29 heavy (non-hydrogen) atoms. The van der Waals surface area contributed by atoms with Crippen LogP contribution in [0.4, 0.5) is 0 Å². The zero-order chi connectivity index (χ0) is 20.4. The lowest BCUT2D eigenvalue weighted by atomic mass is 9.78. The van der Waals surface area contributed by atoms with Crippen LogP contribution in [-0.4, -0.2) is 44.5 Å². The van der Waals surface area contributed by atoms with E-state index in [9.17, 15) is 14.7 Å². The molecule has 0 spiro atoms. The van der Waals surface area contributed by atoms with Gasteiger partial charge >= 0.3 is 0 Å². The van der Waals surface area contributed by atoms with Gasteiger partial charge in [0.05, 0.1) is 17.3 Å². The third-order valence-electron chi connectivity index (χ3n) is 5.54. The number of carbonyl (C=O) groups is 1. The topological polar surface area (TPSA) is 86.9 Å². The average Bonchev–Trinajstić information content (AvgIpc) is 3.20. The van der Waals surface area contributed by atoms with Gasteiger partial charge in [-0.15, -0.1) is 11.3 Å². The maximum absolute atomic E-state index is 12.2. The molecule has 152 valence electrons. The number of hydrogen-bond donors (Lipinski definition) is 2. The van der Waals surface area contributed by atoms with Crippen LogP contribution in [0.3, 0.4) is 0 Å². The minimum atomic E-state index is -0.810.